The summed E-state index contributed by atoms with van der Waals surface area (Å²) in [6.07, 6.45) is -0.749. The van der Waals surface area contributed by atoms with E-state index in [0.29, 0.717) is 5.56 Å². The number of carbonyl (C=O) groups excluding carboxylic acids is 1. The molecule has 1 atom stereocenters. The largest absolute Gasteiger partial charge is 0.506 e. The van der Waals surface area contributed by atoms with Gasteiger partial charge in [0.25, 0.3) is 5.91 Å². The Hall–Kier alpha value is -2.08. The maximum Gasteiger partial charge on any atom is 0.278 e. The first-order chi connectivity index (χ1) is 11.7. The van der Waals surface area contributed by atoms with Crippen molar-refractivity contribution in [2.24, 2.45) is 5.41 Å². The van der Waals surface area contributed by atoms with Crippen molar-refractivity contribution in [2.45, 2.75) is 26.9 Å². The minimum Gasteiger partial charge on any atom is -0.506 e. The molecule has 0 saturated carbocycles. The number of aliphatic hydroxyl groups is 1. The Morgan fingerprint density at radius 3 is 2.44 bits per heavy atom. The van der Waals surface area contributed by atoms with Crippen molar-refractivity contribution in [1.29, 1.82) is 0 Å². The zero-order chi connectivity index (χ0) is 18.6. The van der Waals surface area contributed by atoms with Crippen LogP contribution in [0.15, 0.2) is 42.5 Å². The molecule has 134 valence electrons. The van der Waals surface area contributed by atoms with E-state index in [9.17, 15) is 15.0 Å². The Balaban J connectivity index is 2.15. The SMILES string of the molecule is CC(C)(C)C(O)CONC(=O)c1cc(-c2ccccc2)cc(Cl)c1O. The summed E-state index contributed by atoms with van der Waals surface area (Å²) in [5.41, 5.74) is 3.42. The minimum atomic E-state index is -0.749. The smallest absolute Gasteiger partial charge is 0.278 e. The van der Waals surface area contributed by atoms with Crippen LogP contribution in [0.5, 0.6) is 5.75 Å². The van der Waals surface area contributed by atoms with E-state index in [1.54, 1.807) is 6.07 Å². The molecule has 2 aromatic carbocycles. The third kappa shape index (κ3) is 4.95. The summed E-state index contributed by atoms with van der Waals surface area (Å²) in [5, 5.41) is 20.1. The number of hydrogen-bond donors (Lipinski definition) is 3. The summed E-state index contributed by atoms with van der Waals surface area (Å²) in [6, 6.07) is 12.5. The number of amides is 1. The van der Waals surface area contributed by atoms with Crippen LogP contribution in [-0.2, 0) is 4.84 Å². The second-order valence-corrected chi connectivity index (χ2v) is 7.25. The molecule has 0 spiro atoms. The Morgan fingerprint density at radius 1 is 1.20 bits per heavy atom. The molecule has 0 aliphatic carbocycles. The topological polar surface area (TPSA) is 78.8 Å². The van der Waals surface area contributed by atoms with E-state index >= 15 is 0 Å². The van der Waals surface area contributed by atoms with E-state index < -0.39 is 12.0 Å². The zero-order valence-electron chi connectivity index (χ0n) is 14.4. The zero-order valence-corrected chi connectivity index (χ0v) is 15.2. The van der Waals surface area contributed by atoms with Crippen molar-refractivity contribution in [1.82, 2.24) is 5.48 Å². The van der Waals surface area contributed by atoms with Gasteiger partial charge in [-0.15, -0.1) is 0 Å². The van der Waals surface area contributed by atoms with Crippen LogP contribution in [0, 0.1) is 5.41 Å². The summed E-state index contributed by atoms with van der Waals surface area (Å²) >= 11 is 6.05. The number of carbonyl (C=O) groups is 1. The van der Waals surface area contributed by atoms with E-state index in [1.807, 2.05) is 51.1 Å². The van der Waals surface area contributed by atoms with Crippen LogP contribution in [0.4, 0.5) is 0 Å². The lowest BCUT2D eigenvalue weighted by Crippen LogP contribution is -2.35. The van der Waals surface area contributed by atoms with Crippen molar-refractivity contribution >= 4 is 17.5 Å². The highest BCUT2D eigenvalue weighted by molar-refractivity contribution is 6.33. The average molecular weight is 364 g/mol. The van der Waals surface area contributed by atoms with Crippen LogP contribution in [-0.4, -0.2) is 28.8 Å². The lowest BCUT2D eigenvalue weighted by molar-refractivity contribution is -0.0496. The quantitative estimate of drug-likeness (QED) is 0.706. The molecule has 0 saturated heterocycles. The molecular weight excluding hydrogens is 342 g/mol. The molecule has 0 fully saturated rings. The third-order valence-corrected chi connectivity index (χ3v) is 4.11. The van der Waals surface area contributed by atoms with Gasteiger partial charge in [-0.1, -0.05) is 62.7 Å². The molecule has 2 aromatic rings. The maximum absolute atomic E-state index is 12.3. The number of benzene rings is 2. The first-order valence-electron chi connectivity index (χ1n) is 7.88. The fourth-order valence-electron chi connectivity index (χ4n) is 2.06. The number of rotatable bonds is 5. The Labute approximate surface area is 152 Å². The highest BCUT2D eigenvalue weighted by Crippen LogP contribution is 2.33. The predicted molar refractivity (Wildman–Crippen MR) is 97.4 cm³/mol. The second-order valence-electron chi connectivity index (χ2n) is 6.84. The van der Waals surface area contributed by atoms with Gasteiger partial charge in [0.1, 0.15) is 12.4 Å². The molecule has 0 heterocycles. The van der Waals surface area contributed by atoms with Crippen LogP contribution < -0.4 is 5.48 Å². The molecule has 1 unspecified atom stereocenters. The van der Waals surface area contributed by atoms with Gasteiger partial charge in [-0.25, -0.2) is 5.48 Å². The molecular formula is C19H22ClNO4. The molecule has 0 aliphatic heterocycles. The summed E-state index contributed by atoms with van der Waals surface area (Å²) in [5.74, 6) is -0.961. The summed E-state index contributed by atoms with van der Waals surface area (Å²) in [6.45, 7) is 5.51. The van der Waals surface area contributed by atoms with Gasteiger partial charge < -0.3 is 10.2 Å². The van der Waals surface area contributed by atoms with Gasteiger partial charge in [-0.05, 0) is 28.7 Å². The van der Waals surface area contributed by atoms with Gasteiger partial charge >= 0.3 is 0 Å². The number of phenolic OH excluding ortho intramolecular Hbond substituents is 1. The monoisotopic (exact) mass is 363 g/mol. The first kappa shape index (κ1) is 19.2. The number of hydroxylamine groups is 1. The molecule has 2 rings (SSSR count). The molecule has 3 N–H and O–H groups in total. The predicted octanol–water partition coefficient (Wildman–Crippen LogP) is 3.78. The van der Waals surface area contributed by atoms with Crippen LogP contribution in [0.2, 0.25) is 5.02 Å². The highest BCUT2D eigenvalue weighted by atomic mass is 35.5. The molecule has 25 heavy (non-hydrogen) atoms. The lowest BCUT2D eigenvalue weighted by Gasteiger charge is -2.25. The van der Waals surface area contributed by atoms with E-state index in [-0.39, 0.29) is 28.4 Å². The third-order valence-electron chi connectivity index (χ3n) is 3.82. The summed E-state index contributed by atoms with van der Waals surface area (Å²) in [7, 11) is 0. The van der Waals surface area contributed by atoms with Crippen LogP contribution >= 0.6 is 11.6 Å². The number of hydrogen-bond acceptors (Lipinski definition) is 4. The molecule has 0 aliphatic rings. The van der Waals surface area contributed by atoms with E-state index in [4.69, 9.17) is 16.4 Å². The number of phenols is 1. The number of aliphatic hydroxyl groups excluding tert-OH is 1. The second kappa shape index (κ2) is 7.87. The molecule has 6 heteroatoms. The standard InChI is InChI=1S/C19H22ClNO4/c1-19(2,3)16(22)11-25-21-18(24)14-9-13(10-15(20)17(14)23)12-7-5-4-6-8-12/h4-10,16,22-23H,11H2,1-3H3,(H,21,24). The van der Waals surface area contributed by atoms with Crippen molar-refractivity contribution in [3.63, 3.8) is 0 Å². The van der Waals surface area contributed by atoms with Gasteiger partial charge in [-0.2, -0.15) is 0 Å². The molecule has 5 nitrogen and oxygen atoms in total. The first-order valence-corrected chi connectivity index (χ1v) is 8.26. The molecule has 0 radical (unpaired) electrons. The number of nitrogens with one attached hydrogen (secondary N) is 1. The Kier molecular flexibility index (Phi) is 6.06. The van der Waals surface area contributed by atoms with Gasteiger partial charge in [0.15, 0.2) is 0 Å². The van der Waals surface area contributed by atoms with Gasteiger partial charge in [0.2, 0.25) is 0 Å². The van der Waals surface area contributed by atoms with Crippen LogP contribution in [0.3, 0.4) is 0 Å². The normalized spacial score (nSPS) is 12.7. The van der Waals surface area contributed by atoms with E-state index in [1.165, 1.54) is 6.07 Å². The van der Waals surface area contributed by atoms with Crippen LogP contribution in [0.25, 0.3) is 11.1 Å². The summed E-state index contributed by atoms with van der Waals surface area (Å²) in [4.78, 5) is 17.4. The molecule has 1 amide bonds. The van der Waals surface area contributed by atoms with Crippen molar-refractivity contribution in [3.8, 4) is 16.9 Å². The van der Waals surface area contributed by atoms with Gasteiger partial charge in [-0.3, -0.25) is 9.63 Å². The number of aromatic hydroxyl groups is 1. The van der Waals surface area contributed by atoms with Crippen LogP contribution in [0.1, 0.15) is 31.1 Å². The fraction of sp³-hybridized carbons (Fsp3) is 0.316. The van der Waals surface area contributed by atoms with Crippen molar-refractivity contribution < 1.29 is 19.8 Å². The molecule has 0 aromatic heterocycles. The molecule has 0 bridgehead atoms. The van der Waals surface area contributed by atoms with Crippen molar-refractivity contribution in [3.05, 3.63) is 53.1 Å². The Bertz CT molecular complexity index is 741. The average Bonchev–Trinajstić information content (AvgIpc) is 2.56. The number of halogens is 1. The fourth-order valence-corrected chi connectivity index (χ4v) is 2.28. The lowest BCUT2D eigenvalue weighted by atomic mass is 9.90. The summed E-state index contributed by atoms with van der Waals surface area (Å²) < 4.78 is 0. The highest BCUT2D eigenvalue weighted by Gasteiger charge is 2.23. The van der Waals surface area contributed by atoms with E-state index in [2.05, 4.69) is 5.48 Å². The van der Waals surface area contributed by atoms with E-state index in [0.717, 1.165) is 5.56 Å². The maximum atomic E-state index is 12.3. The Morgan fingerprint density at radius 2 is 1.84 bits per heavy atom. The van der Waals surface area contributed by atoms with Crippen molar-refractivity contribution in [2.75, 3.05) is 6.61 Å². The minimum absolute atomic E-state index is 0.00315. The van der Waals surface area contributed by atoms with Gasteiger partial charge in [0.05, 0.1) is 16.7 Å². The van der Waals surface area contributed by atoms with Gasteiger partial charge in [0, 0.05) is 0 Å².